The van der Waals surface area contributed by atoms with Gasteiger partial charge in [-0.15, -0.1) is 0 Å². The van der Waals surface area contributed by atoms with Crippen molar-refractivity contribution in [3.05, 3.63) is 59.7 Å². The molecule has 0 aromatic heterocycles. The van der Waals surface area contributed by atoms with Crippen molar-refractivity contribution in [1.82, 2.24) is 0 Å². The van der Waals surface area contributed by atoms with E-state index in [1.165, 1.54) is 119 Å². The van der Waals surface area contributed by atoms with E-state index in [9.17, 15) is 0 Å². The van der Waals surface area contributed by atoms with Crippen molar-refractivity contribution in [3.8, 4) is 11.1 Å². The normalized spacial score (nSPS) is 18.7. The molecule has 0 amide bonds. The van der Waals surface area contributed by atoms with Crippen molar-refractivity contribution in [3.63, 3.8) is 0 Å². The summed E-state index contributed by atoms with van der Waals surface area (Å²) < 4.78 is 0. The minimum absolute atomic E-state index is 0.787. The second kappa shape index (κ2) is 14.6. The molecular weight excluding hydrogens is 384 g/mol. The molecule has 0 aliphatic heterocycles. The third-order valence-electron chi connectivity index (χ3n) is 7.80. The summed E-state index contributed by atoms with van der Waals surface area (Å²) in [6.45, 7) is 4.59. The van der Waals surface area contributed by atoms with Gasteiger partial charge in [-0.3, -0.25) is 0 Å². The van der Waals surface area contributed by atoms with Gasteiger partial charge in [-0.05, 0) is 72.6 Å². The summed E-state index contributed by atoms with van der Waals surface area (Å²) >= 11 is 0. The monoisotopic (exact) mass is 432 g/mol. The molecule has 176 valence electrons. The lowest BCUT2D eigenvalue weighted by Crippen LogP contribution is -2.13. The minimum Gasteiger partial charge on any atom is -0.0654 e. The molecule has 0 saturated heterocycles. The Labute approximate surface area is 199 Å². The van der Waals surface area contributed by atoms with Crippen LogP contribution in [0.2, 0.25) is 0 Å². The fourth-order valence-corrected chi connectivity index (χ4v) is 5.57. The van der Waals surface area contributed by atoms with E-state index < -0.39 is 0 Å². The zero-order valence-electron chi connectivity index (χ0n) is 21.1. The number of benzene rings is 2. The summed E-state index contributed by atoms with van der Waals surface area (Å²) in [5, 5.41) is 0. The summed E-state index contributed by atoms with van der Waals surface area (Å²) in [4.78, 5) is 0. The van der Waals surface area contributed by atoms with E-state index in [0.29, 0.717) is 0 Å². The van der Waals surface area contributed by atoms with Gasteiger partial charge in [0, 0.05) is 0 Å². The van der Waals surface area contributed by atoms with Gasteiger partial charge in [0.15, 0.2) is 0 Å². The zero-order valence-corrected chi connectivity index (χ0v) is 21.1. The third-order valence-corrected chi connectivity index (χ3v) is 7.80. The highest BCUT2D eigenvalue weighted by Gasteiger charge is 2.22. The lowest BCUT2D eigenvalue weighted by Gasteiger charge is -2.29. The molecule has 0 heteroatoms. The molecule has 32 heavy (non-hydrogen) atoms. The van der Waals surface area contributed by atoms with Crippen LogP contribution >= 0.6 is 0 Å². The fourth-order valence-electron chi connectivity index (χ4n) is 5.57. The quantitative estimate of drug-likeness (QED) is 0.260. The molecule has 3 rings (SSSR count). The Morgan fingerprint density at radius 3 is 1.69 bits per heavy atom. The van der Waals surface area contributed by atoms with Crippen LogP contribution in [-0.2, 0) is 6.42 Å². The molecule has 0 nitrogen and oxygen atoms in total. The molecule has 0 N–H and O–H groups in total. The molecule has 2 aromatic rings. The van der Waals surface area contributed by atoms with E-state index in [0.717, 1.165) is 11.8 Å². The lowest BCUT2D eigenvalue weighted by atomic mass is 9.77. The molecule has 0 unspecified atom stereocenters. The van der Waals surface area contributed by atoms with E-state index in [-0.39, 0.29) is 0 Å². The van der Waals surface area contributed by atoms with Gasteiger partial charge in [-0.2, -0.15) is 0 Å². The SMILES string of the molecule is CCCCCCCc1ccc(-c2ccc(C3CCC(CCCCCCC)CC3)cc2)cc1. The molecule has 1 saturated carbocycles. The van der Waals surface area contributed by atoms with Crippen LogP contribution in [0.4, 0.5) is 0 Å². The molecule has 0 atom stereocenters. The summed E-state index contributed by atoms with van der Waals surface area (Å²) in [7, 11) is 0. The number of unbranched alkanes of at least 4 members (excludes halogenated alkanes) is 8. The van der Waals surface area contributed by atoms with Crippen LogP contribution in [-0.4, -0.2) is 0 Å². The van der Waals surface area contributed by atoms with E-state index >= 15 is 0 Å². The van der Waals surface area contributed by atoms with Gasteiger partial charge in [0.25, 0.3) is 0 Å². The molecule has 1 fully saturated rings. The zero-order chi connectivity index (χ0) is 22.4. The molecule has 0 heterocycles. The minimum atomic E-state index is 0.787. The van der Waals surface area contributed by atoms with E-state index in [4.69, 9.17) is 0 Å². The molecule has 0 bridgehead atoms. The topological polar surface area (TPSA) is 0 Å². The summed E-state index contributed by atoms with van der Waals surface area (Å²) in [6, 6.07) is 18.9. The van der Waals surface area contributed by atoms with E-state index in [1.807, 2.05) is 0 Å². The van der Waals surface area contributed by atoms with Gasteiger partial charge in [0.2, 0.25) is 0 Å². The van der Waals surface area contributed by atoms with Gasteiger partial charge >= 0.3 is 0 Å². The average molecular weight is 433 g/mol. The number of hydrogen-bond acceptors (Lipinski definition) is 0. The highest BCUT2D eigenvalue weighted by atomic mass is 14.3. The van der Waals surface area contributed by atoms with Crippen molar-refractivity contribution in [2.75, 3.05) is 0 Å². The first-order valence-electron chi connectivity index (χ1n) is 14.0. The maximum absolute atomic E-state index is 2.41. The van der Waals surface area contributed by atoms with Crippen LogP contribution in [0.3, 0.4) is 0 Å². The summed E-state index contributed by atoms with van der Waals surface area (Å²) in [5.74, 6) is 1.78. The van der Waals surface area contributed by atoms with Crippen LogP contribution in [0, 0.1) is 5.92 Å². The maximum atomic E-state index is 2.41. The maximum Gasteiger partial charge on any atom is -0.0162 e. The second-order valence-electron chi connectivity index (χ2n) is 10.4. The number of aryl methyl sites for hydroxylation is 1. The molecule has 1 aliphatic rings. The first-order valence-corrected chi connectivity index (χ1v) is 14.0. The summed E-state index contributed by atoms with van der Waals surface area (Å²) in [5.41, 5.74) is 5.78. The second-order valence-corrected chi connectivity index (χ2v) is 10.4. The Balaban J connectivity index is 1.41. The standard InChI is InChI=1S/C32H48/c1-3-5-7-9-11-13-27-15-19-29(20-16-27)31-23-25-32(26-24-31)30-21-17-28(18-22-30)14-12-10-8-6-4-2/h15-16,19-20,23-26,28,30H,3-14,17-18,21-22H2,1-2H3. The van der Waals surface area contributed by atoms with Gasteiger partial charge in [-0.25, -0.2) is 0 Å². The largest absolute Gasteiger partial charge is 0.0654 e. The predicted molar refractivity (Wildman–Crippen MR) is 142 cm³/mol. The highest BCUT2D eigenvalue weighted by molar-refractivity contribution is 5.64. The van der Waals surface area contributed by atoms with E-state index in [1.54, 1.807) is 5.56 Å². The summed E-state index contributed by atoms with van der Waals surface area (Å²) in [6.07, 6.45) is 22.3. The van der Waals surface area contributed by atoms with Crippen LogP contribution in [0.15, 0.2) is 48.5 Å². The van der Waals surface area contributed by atoms with Crippen LogP contribution in [0.1, 0.15) is 127 Å². The Bertz CT molecular complexity index is 716. The van der Waals surface area contributed by atoms with Gasteiger partial charge in [0.05, 0.1) is 0 Å². The molecule has 0 spiro atoms. The molecule has 1 aliphatic carbocycles. The smallest absolute Gasteiger partial charge is 0.0162 e. The van der Waals surface area contributed by atoms with Crippen molar-refractivity contribution >= 4 is 0 Å². The van der Waals surface area contributed by atoms with Gasteiger partial charge < -0.3 is 0 Å². The average Bonchev–Trinajstić information content (AvgIpc) is 2.85. The van der Waals surface area contributed by atoms with Crippen molar-refractivity contribution in [2.24, 2.45) is 5.92 Å². The third kappa shape index (κ3) is 8.42. The Kier molecular flexibility index (Phi) is 11.4. The number of hydrogen-bond donors (Lipinski definition) is 0. The first-order chi connectivity index (χ1) is 15.8. The van der Waals surface area contributed by atoms with Crippen molar-refractivity contribution in [2.45, 2.75) is 122 Å². The lowest BCUT2D eigenvalue weighted by molar-refractivity contribution is 0.302. The predicted octanol–water partition coefficient (Wildman–Crippen LogP) is 10.5. The van der Waals surface area contributed by atoms with Crippen LogP contribution < -0.4 is 0 Å². The van der Waals surface area contributed by atoms with Crippen molar-refractivity contribution < 1.29 is 0 Å². The molecule has 0 radical (unpaired) electrons. The Morgan fingerprint density at radius 1 is 0.562 bits per heavy atom. The van der Waals surface area contributed by atoms with Crippen LogP contribution in [0.5, 0.6) is 0 Å². The Hall–Kier alpha value is -1.56. The van der Waals surface area contributed by atoms with E-state index in [2.05, 4.69) is 62.4 Å². The molecular formula is C32H48. The first kappa shape index (κ1) is 25.1. The molecule has 2 aromatic carbocycles. The Morgan fingerprint density at radius 2 is 1.09 bits per heavy atom. The highest BCUT2D eigenvalue weighted by Crippen LogP contribution is 2.38. The van der Waals surface area contributed by atoms with Gasteiger partial charge in [-0.1, -0.05) is 127 Å². The van der Waals surface area contributed by atoms with Crippen molar-refractivity contribution in [1.29, 1.82) is 0 Å². The number of rotatable bonds is 14. The van der Waals surface area contributed by atoms with Gasteiger partial charge in [0.1, 0.15) is 0 Å². The fraction of sp³-hybridized carbons (Fsp3) is 0.625. The van der Waals surface area contributed by atoms with Crippen LogP contribution in [0.25, 0.3) is 11.1 Å².